The number of hydrogen-bond acceptors (Lipinski definition) is 2. The molecular formula is C15H21FN2S2. The molecule has 0 bridgehead atoms. The molecule has 1 aliphatic rings. The lowest BCUT2D eigenvalue weighted by Crippen LogP contribution is -2.30. The monoisotopic (exact) mass is 312 g/mol. The van der Waals surface area contributed by atoms with E-state index < -0.39 is 0 Å². The molecule has 2 nitrogen and oxygen atoms in total. The van der Waals surface area contributed by atoms with Crippen molar-refractivity contribution in [3.63, 3.8) is 0 Å². The van der Waals surface area contributed by atoms with Crippen LogP contribution in [0.1, 0.15) is 32.1 Å². The van der Waals surface area contributed by atoms with Crippen molar-refractivity contribution in [2.75, 3.05) is 17.6 Å². The van der Waals surface area contributed by atoms with Gasteiger partial charge in [0.2, 0.25) is 0 Å². The summed E-state index contributed by atoms with van der Waals surface area (Å²) in [7, 11) is 0. The number of anilines is 1. The van der Waals surface area contributed by atoms with Gasteiger partial charge < -0.3 is 10.6 Å². The molecule has 1 aromatic carbocycles. The molecular weight excluding hydrogens is 291 g/mol. The molecule has 2 N–H and O–H groups in total. The molecule has 0 spiro atoms. The van der Waals surface area contributed by atoms with Crippen molar-refractivity contribution in [3.8, 4) is 0 Å². The van der Waals surface area contributed by atoms with Gasteiger partial charge in [-0.05, 0) is 43.3 Å². The number of nitrogens with one attached hydrogen (secondary N) is 2. The fourth-order valence-corrected chi connectivity index (χ4v) is 3.80. The topological polar surface area (TPSA) is 24.1 Å². The number of benzene rings is 1. The van der Waals surface area contributed by atoms with E-state index >= 15 is 0 Å². The zero-order valence-corrected chi connectivity index (χ0v) is 13.2. The molecule has 0 radical (unpaired) electrons. The first-order valence-corrected chi connectivity index (χ1v) is 8.62. The van der Waals surface area contributed by atoms with E-state index in [0.717, 1.165) is 17.5 Å². The average Bonchev–Trinajstić information content (AvgIpc) is 2.45. The molecule has 0 saturated heterocycles. The van der Waals surface area contributed by atoms with Crippen molar-refractivity contribution >= 4 is 34.8 Å². The van der Waals surface area contributed by atoms with Gasteiger partial charge >= 0.3 is 0 Å². The first-order valence-electron chi connectivity index (χ1n) is 7.16. The van der Waals surface area contributed by atoms with Crippen LogP contribution in [-0.2, 0) is 0 Å². The molecule has 5 heteroatoms. The Bertz CT molecular complexity index is 434. The molecule has 1 fully saturated rings. The van der Waals surface area contributed by atoms with Crippen molar-refractivity contribution in [2.24, 2.45) is 0 Å². The second-order valence-corrected chi connectivity index (χ2v) is 6.84. The molecule has 0 atom stereocenters. The summed E-state index contributed by atoms with van der Waals surface area (Å²) in [6.45, 7) is 0.850. The summed E-state index contributed by atoms with van der Waals surface area (Å²) in [4.78, 5) is 0. The quantitative estimate of drug-likeness (QED) is 0.629. The SMILES string of the molecule is Fc1cccc(NC(=S)NCCSC2CCCCC2)c1. The van der Waals surface area contributed by atoms with E-state index in [-0.39, 0.29) is 5.82 Å². The van der Waals surface area contributed by atoms with Crippen LogP contribution in [0.2, 0.25) is 0 Å². The van der Waals surface area contributed by atoms with Gasteiger partial charge in [-0.25, -0.2) is 4.39 Å². The fourth-order valence-electron chi connectivity index (χ4n) is 2.36. The molecule has 110 valence electrons. The largest absolute Gasteiger partial charge is 0.362 e. The summed E-state index contributed by atoms with van der Waals surface area (Å²) in [5, 5.41) is 7.54. The number of thiocarbonyl (C=S) groups is 1. The van der Waals surface area contributed by atoms with Gasteiger partial charge in [-0.1, -0.05) is 25.3 Å². The van der Waals surface area contributed by atoms with Crippen LogP contribution < -0.4 is 10.6 Å². The van der Waals surface area contributed by atoms with Crippen LogP contribution in [0.3, 0.4) is 0 Å². The Hall–Kier alpha value is -0.810. The Kier molecular flexibility index (Phi) is 6.60. The van der Waals surface area contributed by atoms with Gasteiger partial charge in [0.05, 0.1) is 0 Å². The smallest absolute Gasteiger partial charge is 0.170 e. The Labute approximate surface area is 129 Å². The normalized spacial score (nSPS) is 15.8. The Morgan fingerprint density at radius 2 is 2.10 bits per heavy atom. The van der Waals surface area contributed by atoms with Gasteiger partial charge in [0.15, 0.2) is 5.11 Å². The maximum atomic E-state index is 13.0. The van der Waals surface area contributed by atoms with Crippen LogP contribution in [0.4, 0.5) is 10.1 Å². The predicted molar refractivity (Wildman–Crippen MR) is 90.0 cm³/mol. The van der Waals surface area contributed by atoms with Crippen LogP contribution in [0.5, 0.6) is 0 Å². The minimum atomic E-state index is -0.259. The number of halogens is 1. The third-order valence-corrected chi connectivity index (χ3v) is 5.00. The van der Waals surface area contributed by atoms with Crippen LogP contribution in [0.25, 0.3) is 0 Å². The van der Waals surface area contributed by atoms with Gasteiger partial charge in [0.1, 0.15) is 5.82 Å². The summed E-state index contributed by atoms with van der Waals surface area (Å²) in [6.07, 6.45) is 6.87. The second-order valence-electron chi connectivity index (χ2n) is 5.02. The van der Waals surface area contributed by atoms with E-state index in [0.29, 0.717) is 10.8 Å². The van der Waals surface area contributed by atoms with Crippen molar-refractivity contribution in [1.82, 2.24) is 5.32 Å². The number of rotatable bonds is 5. The van der Waals surface area contributed by atoms with E-state index in [9.17, 15) is 4.39 Å². The first kappa shape index (κ1) is 15.6. The van der Waals surface area contributed by atoms with Crippen molar-refractivity contribution in [3.05, 3.63) is 30.1 Å². The third-order valence-electron chi connectivity index (χ3n) is 3.38. The molecule has 0 heterocycles. The molecule has 20 heavy (non-hydrogen) atoms. The van der Waals surface area contributed by atoms with Gasteiger partial charge in [-0.15, -0.1) is 0 Å². The zero-order chi connectivity index (χ0) is 14.2. The van der Waals surface area contributed by atoms with Gasteiger partial charge in [0, 0.05) is 23.2 Å². The highest BCUT2D eigenvalue weighted by molar-refractivity contribution is 7.99. The average molecular weight is 312 g/mol. The van der Waals surface area contributed by atoms with Gasteiger partial charge in [-0.2, -0.15) is 11.8 Å². The lowest BCUT2D eigenvalue weighted by Gasteiger charge is -2.21. The molecule has 0 aliphatic heterocycles. The predicted octanol–water partition coefficient (Wildman–Crippen LogP) is 4.18. The van der Waals surface area contributed by atoms with E-state index in [1.54, 1.807) is 12.1 Å². The van der Waals surface area contributed by atoms with Crippen LogP contribution in [0, 0.1) is 5.82 Å². The molecule has 0 aromatic heterocycles. The molecule has 0 unspecified atom stereocenters. The fraction of sp³-hybridized carbons (Fsp3) is 0.533. The van der Waals surface area contributed by atoms with E-state index in [2.05, 4.69) is 10.6 Å². The van der Waals surface area contributed by atoms with Crippen molar-refractivity contribution < 1.29 is 4.39 Å². The summed E-state index contributed by atoms with van der Waals surface area (Å²) >= 11 is 7.23. The molecule has 1 aliphatic carbocycles. The van der Waals surface area contributed by atoms with Crippen LogP contribution in [-0.4, -0.2) is 22.7 Å². The standard InChI is InChI=1S/C15H21FN2S2/c16-12-5-4-6-13(11-12)18-15(19)17-9-10-20-14-7-2-1-3-8-14/h4-6,11,14H,1-3,7-10H2,(H2,17,18,19). The number of hydrogen-bond donors (Lipinski definition) is 2. The summed E-state index contributed by atoms with van der Waals surface area (Å²) in [5.41, 5.74) is 0.683. The van der Waals surface area contributed by atoms with Crippen LogP contribution in [0.15, 0.2) is 24.3 Å². The van der Waals surface area contributed by atoms with E-state index in [4.69, 9.17) is 12.2 Å². The van der Waals surface area contributed by atoms with E-state index in [1.165, 1.54) is 44.2 Å². The highest BCUT2D eigenvalue weighted by atomic mass is 32.2. The molecule has 2 rings (SSSR count). The minimum Gasteiger partial charge on any atom is -0.362 e. The zero-order valence-electron chi connectivity index (χ0n) is 11.5. The maximum absolute atomic E-state index is 13.0. The first-order chi connectivity index (χ1) is 9.74. The Morgan fingerprint density at radius 1 is 1.30 bits per heavy atom. The van der Waals surface area contributed by atoms with Crippen molar-refractivity contribution in [1.29, 1.82) is 0 Å². The summed E-state index contributed by atoms with van der Waals surface area (Å²) in [5.74, 6) is 0.806. The molecule has 1 saturated carbocycles. The second kappa shape index (κ2) is 8.47. The van der Waals surface area contributed by atoms with Gasteiger partial charge in [-0.3, -0.25) is 0 Å². The van der Waals surface area contributed by atoms with Crippen molar-refractivity contribution in [2.45, 2.75) is 37.4 Å². The molecule has 1 aromatic rings. The van der Waals surface area contributed by atoms with E-state index in [1.807, 2.05) is 11.8 Å². The van der Waals surface area contributed by atoms with Crippen LogP contribution >= 0.6 is 24.0 Å². The lowest BCUT2D eigenvalue weighted by molar-refractivity contribution is 0.516. The Balaban J connectivity index is 1.60. The summed E-state index contributed by atoms with van der Waals surface area (Å²) < 4.78 is 13.0. The van der Waals surface area contributed by atoms with Gasteiger partial charge in [0.25, 0.3) is 0 Å². The Morgan fingerprint density at radius 3 is 2.85 bits per heavy atom. The highest BCUT2D eigenvalue weighted by Crippen LogP contribution is 2.27. The molecule has 0 amide bonds. The minimum absolute atomic E-state index is 0.259. The lowest BCUT2D eigenvalue weighted by atomic mass is 10.0. The maximum Gasteiger partial charge on any atom is 0.170 e. The number of thioether (sulfide) groups is 1. The summed E-state index contributed by atoms with van der Waals surface area (Å²) in [6, 6.07) is 6.32. The third kappa shape index (κ3) is 5.67. The highest BCUT2D eigenvalue weighted by Gasteiger charge is 2.12.